The Balaban J connectivity index is 1.51. The Morgan fingerprint density at radius 3 is 2.79 bits per heavy atom. The Kier molecular flexibility index (Phi) is 7.36. The fraction of sp³-hybridized carbons (Fsp3) is 0.333. The van der Waals surface area contributed by atoms with Gasteiger partial charge in [-0.3, -0.25) is 4.79 Å². The van der Waals surface area contributed by atoms with Crippen molar-refractivity contribution < 1.29 is 9.53 Å². The number of para-hydroxylation sites is 1. The molecular weight excluding hydrogens is 434 g/mol. The van der Waals surface area contributed by atoms with Crippen molar-refractivity contribution in [3.8, 4) is 11.8 Å². The number of hydrogen-bond donors (Lipinski definition) is 1. The van der Waals surface area contributed by atoms with Gasteiger partial charge in [-0.15, -0.1) is 0 Å². The average molecular weight is 462 g/mol. The number of fused-ring (bicyclic) bond motifs is 1. The van der Waals surface area contributed by atoms with Crippen LogP contribution in [0.5, 0.6) is 5.75 Å². The molecule has 0 spiro atoms. The van der Waals surface area contributed by atoms with E-state index in [0.29, 0.717) is 13.2 Å². The van der Waals surface area contributed by atoms with Crippen molar-refractivity contribution >= 4 is 34.5 Å². The van der Waals surface area contributed by atoms with Gasteiger partial charge in [-0.2, -0.15) is 5.26 Å². The number of nitrogens with zero attached hydrogens (tertiary/aromatic N) is 2. The smallest absolute Gasteiger partial charge is 0.262 e. The molecule has 4 rings (SSSR count). The lowest BCUT2D eigenvalue weighted by atomic mass is 9.95. The summed E-state index contributed by atoms with van der Waals surface area (Å²) in [4.78, 5) is 12.7. The second-order valence-electron chi connectivity index (χ2n) is 8.53. The van der Waals surface area contributed by atoms with Gasteiger partial charge in [0.15, 0.2) is 0 Å². The number of aryl methyl sites for hydroxylation is 1. The van der Waals surface area contributed by atoms with Crippen molar-refractivity contribution in [3.63, 3.8) is 0 Å². The van der Waals surface area contributed by atoms with E-state index in [1.54, 1.807) is 6.08 Å². The first-order chi connectivity index (χ1) is 16.0. The molecule has 3 aromatic rings. The molecule has 1 heterocycles. The van der Waals surface area contributed by atoms with E-state index in [1.807, 2.05) is 55.6 Å². The largest absolute Gasteiger partial charge is 0.492 e. The fourth-order valence-electron chi connectivity index (χ4n) is 4.36. The molecule has 0 saturated heterocycles. The zero-order valence-electron chi connectivity index (χ0n) is 18.8. The number of rotatable bonds is 7. The van der Waals surface area contributed by atoms with E-state index >= 15 is 0 Å². The van der Waals surface area contributed by atoms with Crippen LogP contribution >= 0.6 is 11.6 Å². The highest BCUT2D eigenvalue weighted by atomic mass is 35.5. The molecule has 1 N–H and O–H groups in total. The molecule has 0 aliphatic heterocycles. The summed E-state index contributed by atoms with van der Waals surface area (Å²) in [5.74, 6) is 0.488. The normalized spacial score (nSPS) is 14.8. The van der Waals surface area contributed by atoms with Crippen LogP contribution in [0, 0.1) is 18.3 Å². The molecule has 1 aromatic heterocycles. The van der Waals surface area contributed by atoms with E-state index in [0.717, 1.165) is 58.5 Å². The van der Waals surface area contributed by atoms with Crippen molar-refractivity contribution in [2.45, 2.75) is 51.6 Å². The lowest BCUT2D eigenvalue weighted by Crippen LogP contribution is -2.36. The molecule has 2 aromatic carbocycles. The van der Waals surface area contributed by atoms with E-state index in [9.17, 15) is 10.1 Å². The van der Waals surface area contributed by atoms with Crippen LogP contribution in [0.15, 0.2) is 54.2 Å². The van der Waals surface area contributed by atoms with Gasteiger partial charge >= 0.3 is 0 Å². The predicted molar refractivity (Wildman–Crippen MR) is 132 cm³/mol. The summed E-state index contributed by atoms with van der Waals surface area (Å²) in [5.41, 5.74) is 2.99. The molecule has 0 atom stereocenters. The maximum Gasteiger partial charge on any atom is 0.262 e. The van der Waals surface area contributed by atoms with Crippen LogP contribution in [0.25, 0.3) is 17.0 Å². The van der Waals surface area contributed by atoms with Gasteiger partial charge in [0.25, 0.3) is 5.91 Å². The maximum atomic E-state index is 12.7. The van der Waals surface area contributed by atoms with Gasteiger partial charge in [0.1, 0.15) is 24.0 Å². The van der Waals surface area contributed by atoms with E-state index < -0.39 is 0 Å². The third-order valence-electron chi connectivity index (χ3n) is 6.16. The number of carbonyl (C=O) groups is 1. The van der Waals surface area contributed by atoms with Crippen LogP contribution in [0.3, 0.4) is 0 Å². The highest BCUT2D eigenvalue weighted by Crippen LogP contribution is 2.25. The molecule has 5 nitrogen and oxygen atoms in total. The van der Waals surface area contributed by atoms with Gasteiger partial charge in [0, 0.05) is 33.7 Å². The van der Waals surface area contributed by atoms with Crippen LogP contribution in [0.4, 0.5) is 0 Å². The van der Waals surface area contributed by atoms with Gasteiger partial charge in [-0.05, 0) is 55.7 Å². The van der Waals surface area contributed by atoms with Crippen molar-refractivity contribution in [2.24, 2.45) is 0 Å². The van der Waals surface area contributed by atoms with E-state index in [-0.39, 0.29) is 17.5 Å². The Morgan fingerprint density at radius 1 is 1.24 bits per heavy atom. The Hall–Kier alpha value is -3.23. The Bertz CT molecular complexity index is 1220. The molecule has 170 valence electrons. The summed E-state index contributed by atoms with van der Waals surface area (Å²) in [7, 11) is 0. The number of benzene rings is 2. The van der Waals surface area contributed by atoms with Gasteiger partial charge in [-0.25, -0.2) is 0 Å². The molecule has 1 saturated carbocycles. The molecule has 1 fully saturated rings. The first kappa shape index (κ1) is 22.9. The second-order valence-corrected chi connectivity index (χ2v) is 8.94. The lowest BCUT2D eigenvalue weighted by Gasteiger charge is -2.22. The molecule has 0 unspecified atom stereocenters. The first-order valence-electron chi connectivity index (χ1n) is 11.4. The Morgan fingerprint density at radius 2 is 2.03 bits per heavy atom. The standard InChI is InChI=1S/C27H28ClN3O2/c1-19-15-23(11-12-25(19)28)33-14-13-31-18-21(24-9-5-6-10-26(24)31)16-20(17-29)27(32)30-22-7-3-2-4-8-22/h5-6,9-12,15-16,18,22H,2-4,7-8,13-14H2,1H3,(H,30,32). The lowest BCUT2D eigenvalue weighted by molar-refractivity contribution is -0.117. The number of carbonyl (C=O) groups excluding carboxylic acids is 1. The first-order valence-corrected chi connectivity index (χ1v) is 11.8. The van der Waals surface area contributed by atoms with Crippen LogP contribution in [0.2, 0.25) is 5.02 Å². The summed E-state index contributed by atoms with van der Waals surface area (Å²) < 4.78 is 8.01. The molecule has 1 aliphatic carbocycles. The van der Waals surface area contributed by atoms with Crippen molar-refractivity contribution in [2.75, 3.05) is 6.61 Å². The van der Waals surface area contributed by atoms with Gasteiger partial charge in [0.2, 0.25) is 0 Å². The monoisotopic (exact) mass is 461 g/mol. The quantitative estimate of drug-likeness (QED) is 0.344. The summed E-state index contributed by atoms with van der Waals surface area (Å²) in [5, 5.41) is 14.4. The average Bonchev–Trinajstić information content (AvgIpc) is 3.18. The fourth-order valence-corrected chi connectivity index (χ4v) is 4.48. The highest BCUT2D eigenvalue weighted by molar-refractivity contribution is 6.31. The van der Waals surface area contributed by atoms with E-state index in [2.05, 4.69) is 16.0 Å². The predicted octanol–water partition coefficient (Wildman–Crippen LogP) is 6.04. The van der Waals surface area contributed by atoms with Gasteiger partial charge in [0.05, 0.1) is 6.54 Å². The molecule has 0 bridgehead atoms. The van der Waals surface area contributed by atoms with Gasteiger partial charge in [-0.1, -0.05) is 49.1 Å². The number of halogens is 1. The van der Waals surface area contributed by atoms with Crippen LogP contribution in [-0.2, 0) is 11.3 Å². The van der Waals surface area contributed by atoms with Crippen molar-refractivity contribution in [3.05, 3.63) is 70.4 Å². The minimum atomic E-state index is -0.289. The summed E-state index contributed by atoms with van der Waals surface area (Å²) in [6.45, 7) is 3.06. The highest BCUT2D eigenvalue weighted by Gasteiger charge is 2.19. The maximum absolute atomic E-state index is 12.7. The number of nitriles is 1. The van der Waals surface area contributed by atoms with E-state index in [4.69, 9.17) is 16.3 Å². The van der Waals surface area contributed by atoms with Crippen LogP contribution in [0.1, 0.15) is 43.2 Å². The zero-order valence-corrected chi connectivity index (χ0v) is 19.6. The summed E-state index contributed by atoms with van der Waals surface area (Å²) in [6.07, 6.45) is 9.11. The minimum absolute atomic E-state index is 0.136. The van der Waals surface area contributed by atoms with Crippen LogP contribution in [-0.4, -0.2) is 23.1 Å². The number of ether oxygens (including phenoxy) is 1. The SMILES string of the molecule is Cc1cc(OCCn2cc(C=C(C#N)C(=O)NC3CCCCC3)c3ccccc32)ccc1Cl. The summed E-state index contributed by atoms with van der Waals surface area (Å²) >= 11 is 6.09. The molecule has 33 heavy (non-hydrogen) atoms. The van der Waals surface area contributed by atoms with Gasteiger partial charge < -0.3 is 14.6 Å². The third-order valence-corrected chi connectivity index (χ3v) is 6.58. The van der Waals surface area contributed by atoms with Crippen molar-refractivity contribution in [1.29, 1.82) is 5.26 Å². The number of amides is 1. The summed E-state index contributed by atoms with van der Waals surface area (Å²) in [6, 6.07) is 15.9. The molecule has 6 heteroatoms. The Labute approximate surface area is 199 Å². The zero-order chi connectivity index (χ0) is 23.2. The number of nitrogens with one attached hydrogen (secondary N) is 1. The number of aromatic nitrogens is 1. The minimum Gasteiger partial charge on any atom is -0.492 e. The molecule has 1 amide bonds. The van der Waals surface area contributed by atoms with Crippen LogP contribution < -0.4 is 10.1 Å². The number of hydrogen-bond acceptors (Lipinski definition) is 3. The molecular formula is C27H28ClN3O2. The molecule has 1 aliphatic rings. The topological polar surface area (TPSA) is 67.0 Å². The third kappa shape index (κ3) is 5.58. The molecule has 0 radical (unpaired) electrons. The van der Waals surface area contributed by atoms with Crippen molar-refractivity contribution in [1.82, 2.24) is 9.88 Å². The van der Waals surface area contributed by atoms with E-state index in [1.165, 1.54) is 6.42 Å². The second kappa shape index (κ2) is 10.6.